The normalized spacial score (nSPS) is 13.9. The minimum atomic E-state index is -1.33. The van der Waals surface area contributed by atoms with Crippen LogP contribution in [-0.2, 0) is 0 Å². The Balaban J connectivity index is 3.02. The number of hydrogen-bond donors (Lipinski definition) is 2. The maximum absolute atomic E-state index is 9.81. The molecule has 0 saturated heterocycles. The number of benzene rings is 1. The molecule has 0 aliphatic rings. The van der Waals surface area contributed by atoms with Gasteiger partial charge in [0.1, 0.15) is 6.10 Å². The van der Waals surface area contributed by atoms with Crippen LogP contribution in [-0.4, -0.2) is 22.9 Å². The van der Waals surface area contributed by atoms with Crippen LogP contribution in [0.15, 0.2) is 17.2 Å². The molecule has 1 aromatic carbocycles. The van der Waals surface area contributed by atoms with Crippen LogP contribution < -0.4 is 0 Å². The Morgan fingerprint density at radius 2 is 1.94 bits per heavy atom. The summed E-state index contributed by atoms with van der Waals surface area (Å²) < 4.78 is 0. The highest BCUT2D eigenvalue weighted by Gasteiger charge is 2.22. The van der Waals surface area contributed by atoms with E-state index < -0.39 is 12.2 Å². The van der Waals surface area contributed by atoms with Gasteiger partial charge in [0.2, 0.25) is 0 Å². The Morgan fingerprint density at radius 3 is 2.53 bits per heavy atom. The minimum absolute atomic E-state index is 0.101. The second kappa shape index (κ2) is 6.31. The van der Waals surface area contributed by atoms with E-state index in [1.165, 1.54) is 12.1 Å². The molecule has 8 heteroatoms. The number of rotatable bonds is 4. The lowest BCUT2D eigenvalue weighted by Crippen LogP contribution is -2.21. The fraction of sp³-hybridized carbons (Fsp3) is 0.333. The molecule has 2 unspecified atom stereocenters. The van der Waals surface area contributed by atoms with Crippen molar-refractivity contribution in [2.75, 3.05) is 6.54 Å². The van der Waals surface area contributed by atoms with Crippen molar-refractivity contribution in [3.63, 3.8) is 0 Å². The quantitative estimate of drug-likeness (QED) is 0.386. The molecular formula is C9H8Cl3N3O2. The smallest absolute Gasteiger partial charge is 0.107 e. The molecule has 0 aromatic heterocycles. The van der Waals surface area contributed by atoms with E-state index in [1.54, 1.807) is 0 Å². The molecule has 92 valence electrons. The number of nitrogens with zero attached hydrogens (tertiary/aromatic N) is 3. The molecule has 0 spiro atoms. The van der Waals surface area contributed by atoms with E-state index in [1.807, 2.05) is 0 Å². The molecule has 5 nitrogen and oxygen atoms in total. The molecule has 0 fully saturated rings. The SMILES string of the molecule is [N-]=[N+]=NCC(O)C(O)c1cc(Cl)cc(Cl)c1Cl. The first-order valence-corrected chi connectivity index (χ1v) is 5.62. The Morgan fingerprint density at radius 1 is 1.29 bits per heavy atom. The van der Waals surface area contributed by atoms with Crippen molar-refractivity contribution < 1.29 is 10.2 Å². The number of aliphatic hydroxyl groups is 2. The third-order valence-corrected chi connectivity index (χ3v) is 3.07. The van der Waals surface area contributed by atoms with Crippen LogP contribution in [0.3, 0.4) is 0 Å². The summed E-state index contributed by atoms with van der Waals surface area (Å²) >= 11 is 17.4. The summed E-state index contributed by atoms with van der Waals surface area (Å²) in [4.78, 5) is 2.48. The fourth-order valence-corrected chi connectivity index (χ4v) is 1.95. The maximum atomic E-state index is 9.81. The molecule has 2 atom stereocenters. The molecular weight excluding hydrogens is 288 g/mol. The summed E-state index contributed by atoms with van der Waals surface area (Å²) in [5, 5.41) is 23.1. The van der Waals surface area contributed by atoms with Gasteiger partial charge in [0, 0.05) is 15.5 Å². The maximum Gasteiger partial charge on any atom is 0.107 e. The van der Waals surface area contributed by atoms with Gasteiger partial charge in [-0.05, 0) is 17.7 Å². The summed E-state index contributed by atoms with van der Waals surface area (Å²) in [6.07, 6.45) is -2.61. The zero-order chi connectivity index (χ0) is 13.0. The summed E-state index contributed by atoms with van der Waals surface area (Å²) in [6, 6.07) is 2.81. The van der Waals surface area contributed by atoms with Crippen molar-refractivity contribution >= 4 is 34.8 Å². The van der Waals surface area contributed by atoms with E-state index in [4.69, 9.17) is 40.3 Å². The van der Waals surface area contributed by atoms with Gasteiger partial charge in [-0.1, -0.05) is 39.9 Å². The van der Waals surface area contributed by atoms with Crippen LogP contribution in [0, 0.1) is 0 Å². The summed E-state index contributed by atoms with van der Waals surface area (Å²) in [5.41, 5.74) is 8.29. The van der Waals surface area contributed by atoms with Crippen LogP contribution in [0.25, 0.3) is 10.4 Å². The van der Waals surface area contributed by atoms with Crippen LogP contribution in [0.1, 0.15) is 11.7 Å². The molecule has 0 aliphatic carbocycles. The van der Waals surface area contributed by atoms with Gasteiger partial charge < -0.3 is 10.2 Å². The van der Waals surface area contributed by atoms with Crippen molar-refractivity contribution in [2.24, 2.45) is 5.11 Å². The fourth-order valence-electron chi connectivity index (χ4n) is 1.22. The Labute approximate surface area is 112 Å². The minimum Gasteiger partial charge on any atom is -0.390 e. The van der Waals surface area contributed by atoms with E-state index in [0.29, 0.717) is 0 Å². The third kappa shape index (κ3) is 3.64. The summed E-state index contributed by atoms with van der Waals surface area (Å²) in [7, 11) is 0. The van der Waals surface area contributed by atoms with Crippen LogP contribution in [0.5, 0.6) is 0 Å². The average Bonchev–Trinajstić information content (AvgIpc) is 2.29. The first kappa shape index (κ1) is 14.4. The van der Waals surface area contributed by atoms with Crippen molar-refractivity contribution in [3.05, 3.63) is 43.2 Å². The average molecular weight is 297 g/mol. The predicted molar refractivity (Wildman–Crippen MR) is 66.5 cm³/mol. The van der Waals surface area contributed by atoms with E-state index in [0.717, 1.165) is 0 Å². The van der Waals surface area contributed by atoms with Crippen molar-refractivity contribution in [1.29, 1.82) is 0 Å². The first-order valence-electron chi connectivity index (χ1n) is 4.48. The second-order valence-corrected chi connectivity index (χ2v) is 4.44. The van der Waals surface area contributed by atoms with Gasteiger partial charge in [-0.25, -0.2) is 0 Å². The van der Waals surface area contributed by atoms with Gasteiger partial charge in [0.25, 0.3) is 0 Å². The highest BCUT2D eigenvalue weighted by molar-refractivity contribution is 6.43. The summed E-state index contributed by atoms with van der Waals surface area (Å²) in [5.74, 6) is 0. The predicted octanol–water partition coefficient (Wildman–Crippen LogP) is 3.35. The third-order valence-electron chi connectivity index (χ3n) is 2.04. The largest absolute Gasteiger partial charge is 0.390 e. The molecule has 0 heterocycles. The van der Waals surface area contributed by atoms with E-state index in [9.17, 15) is 10.2 Å². The lowest BCUT2D eigenvalue weighted by Gasteiger charge is -2.18. The van der Waals surface area contributed by atoms with Gasteiger partial charge in [-0.3, -0.25) is 0 Å². The second-order valence-electron chi connectivity index (χ2n) is 3.22. The molecule has 0 saturated carbocycles. The molecule has 17 heavy (non-hydrogen) atoms. The van der Waals surface area contributed by atoms with Gasteiger partial charge in [-0.2, -0.15) is 0 Å². The number of halogens is 3. The van der Waals surface area contributed by atoms with Crippen LogP contribution in [0.4, 0.5) is 0 Å². The molecule has 1 aromatic rings. The molecule has 2 N–H and O–H groups in total. The molecule has 0 aliphatic heterocycles. The Hall–Kier alpha value is -0.680. The topological polar surface area (TPSA) is 89.2 Å². The highest BCUT2D eigenvalue weighted by Crippen LogP contribution is 2.34. The van der Waals surface area contributed by atoms with E-state index in [-0.39, 0.29) is 27.2 Å². The monoisotopic (exact) mass is 295 g/mol. The first-order chi connectivity index (χ1) is 7.97. The summed E-state index contributed by atoms with van der Waals surface area (Å²) in [6.45, 7) is -0.280. The zero-order valence-electron chi connectivity index (χ0n) is 8.39. The van der Waals surface area contributed by atoms with Crippen LogP contribution in [0.2, 0.25) is 15.1 Å². The Kier molecular flexibility index (Phi) is 5.33. The molecule has 1 rings (SSSR count). The highest BCUT2D eigenvalue weighted by atomic mass is 35.5. The van der Waals surface area contributed by atoms with Crippen LogP contribution >= 0.6 is 34.8 Å². The lowest BCUT2D eigenvalue weighted by molar-refractivity contribution is 0.0245. The number of hydrogen-bond acceptors (Lipinski definition) is 3. The van der Waals surface area contributed by atoms with Gasteiger partial charge >= 0.3 is 0 Å². The Bertz CT molecular complexity index is 463. The molecule has 0 radical (unpaired) electrons. The standard InChI is InChI=1S/C9H8Cl3N3O2/c10-4-1-5(8(12)6(11)2-4)9(17)7(16)3-14-15-13/h1-2,7,9,16-17H,3H2. The molecule has 0 bridgehead atoms. The van der Waals surface area contributed by atoms with Gasteiger partial charge in [0.05, 0.1) is 22.7 Å². The zero-order valence-corrected chi connectivity index (χ0v) is 10.7. The molecule has 0 amide bonds. The number of azide groups is 1. The van der Waals surface area contributed by atoms with Crippen molar-refractivity contribution in [2.45, 2.75) is 12.2 Å². The van der Waals surface area contributed by atoms with E-state index >= 15 is 0 Å². The van der Waals surface area contributed by atoms with Gasteiger partial charge in [-0.15, -0.1) is 0 Å². The van der Waals surface area contributed by atoms with Gasteiger partial charge in [0.15, 0.2) is 0 Å². The van der Waals surface area contributed by atoms with E-state index in [2.05, 4.69) is 10.0 Å². The van der Waals surface area contributed by atoms with Crippen molar-refractivity contribution in [1.82, 2.24) is 0 Å². The number of aliphatic hydroxyl groups excluding tert-OH is 2. The lowest BCUT2D eigenvalue weighted by atomic mass is 10.0. The van der Waals surface area contributed by atoms with Crippen molar-refractivity contribution in [3.8, 4) is 0 Å².